The Morgan fingerprint density at radius 3 is 2.38 bits per heavy atom. The summed E-state index contributed by atoms with van der Waals surface area (Å²) in [6, 6.07) is 14.0. The third kappa shape index (κ3) is 1.43. The van der Waals surface area contributed by atoms with E-state index < -0.39 is 17.4 Å². The van der Waals surface area contributed by atoms with E-state index in [1.807, 2.05) is 0 Å². The second kappa shape index (κ2) is 3.93. The lowest BCUT2D eigenvalue weighted by molar-refractivity contribution is -0.141. The Kier molecular flexibility index (Phi) is 2.26. The van der Waals surface area contributed by atoms with Gasteiger partial charge in [-0.3, -0.25) is 9.59 Å². The zero-order chi connectivity index (χ0) is 14.6. The predicted octanol–water partition coefficient (Wildman–Crippen LogP) is 1.56. The minimum absolute atomic E-state index is 0.370. The van der Waals surface area contributed by atoms with Gasteiger partial charge in [-0.2, -0.15) is 0 Å². The van der Waals surface area contributed by atoms with E-state index in [-0.39, 0.29) is 5.91 Å². The SMILES string of the molecule is O=C1Nc2ccccc2[C@H]1[C@]1(O)C(=O)Nc2ccccc21. The van der Waals surface area contributed by atoms with Crippen molar-refractivity contribution in [1.29, 1.82) is 0 Å². The summed E-state index contributed by atoms with van der Waals surface area (Å²) < 4.78 is 0. The summed E-state index contributed by atoms with van der Waals surface area (Å²) in [4.78, 5) is 24.7. The van der Waals surface area contributed by atoms with Crippen LogP contribution in [0.15, 0.2) is 48.5 Å². The number of rotatable bonds is 1. The third-order valence-electron chi connectivity index (χ3n) is 4.14. The first kappa shape index (κ1) is 12.1. The molecule has 2 heterocycles. The van der Waals surface area contributed by atoms with E-state index in [0.717, 1.165) is 0 Å². The molecule has 3 N–H and O–H groups in total. The second-order valence-corrected chi connectivity index (χ2v) is 5.28. The van der Waals surface area contributed by atoms with Crippen LogP contribution in [-0.2, 0) is 15.2 Å². The molecule has 0 saturated carbocycles. The summed E-state index contributed by atoms with van der Waals surface area (Å²) in [7, 11) is 0. The molecule has 5 nitrogen and oxygen atoms in total. The zero-order valence-corrected chi connectivity index (χ0v) is 11.0. The highest BCUT2D eigenvalue weighted by molar-refractivity contribution is 6.13. The third-order valence-corrected chi connectivity index (χ3v) is 4.14. The topological polar surface area (TPSA) is 78.4 Å². The molecule has 2 aromatic carbocycles. The quantitative estimate of drug-likeness (QED) is 0.742. The van der Waals surface area contributed by atoms with Gasteiger partial charge in [0.1, 0.15) is 5.92 Å². The average Bonchev–Trinajstić information content (AvgIpc) is 2.94. The molecule has 0 aromatic heterocycles. The van der Waals surface area contributed by atoms with Gasteiger partial charge in [0.15, 0.2) is 5.60 Å². The van der Waals surface area contributed by atoms with Gasteiger partial charge in [-0.05, 0) is 17.7 Å². The molecule has 0 unspecified atom stereocenters. The fourth-order valence-corrected chi connectivity index (χ4v) is 3.17. The van der Waals surface area contributed by atoms with Crippen molar-refractivity contribution in [2.24, 2.45) is 0 Å². The number of hydrogen-bond donors (Lipinski definition) is 3. The lowest BCUT2D eigenvalue weighted by Crippen LogP contribution is -2.43. The molecule has 4 rings (SSSR count). The van der Waals surface area contributed by atoms with Crippen molar-refractivity contribution in [2.45, 2.75) is 11.5 Å². The first-order chi connectivity index (χ1) is 10.1. The number of nitrogens with one attached hydrogen (secondary N) is 2. The fourth-order valence-electron chi connectivity index (χ4n) is 3.17. The summed E-state index contributed by atoms with van der Waals surface area (Å²) >= 11 is 0. The number of para-hydroxylation sites is 2. The van der Waals surface area contributed by atoms with Gasteiger partial charge < -0.3 is 15.7 Å². The summed E-state index contributed by atoms with van der Waals surface area (Å²) in [5.41, 5.74) is 0.372. The van der Waals surface area contributed by atoms with E-state index in [0.29, 0.717) is 22.5 Å². The van der Waals surface area contributed by atoms with E-state index in [9.17, 15) is 14.7 Å². The number of amides is 2. The number of carbonyl (C=O) groups excluding carboxylic acids is 2. The van der Waals surface area contributed by atoms with Crippen molar-refractivity contribution >= 4 is 23.2 Å². The Morgan fingerprint density at radius 1 is 0.905 bits per heavy atom. The van der Waals surface area contributed by atoms with Gasteiger partial charge in [0.2, 0.25) is 5.91 Å². The van der Waals surface area contributed by atoms with Crippen molar-refractivity contribution in [2.75, 3.05) is 10.6 Å². The van der Waals surface area contributed by atoms with Crippen molar-refractivity contribution in [3.05, 3.63) is 59.7 Å². The molecular formula is C16H12N2O3. The molecule has 2 amide bonds. The molecule has 0 saturated heterocycles. The predicted molar refractivity (Wildman–Crippen MR) is 76.8 cm³/mol. The molecule has 5 heteroatoms. The molecule has 0 fully saturated rings. The van der Waals surface area contributed by atoms with Gasteiger partial charge >= 0.3 is 0 Å². The molecule has 21 heavy (non-hydrogen) atoms. The van der Waals surface area contributed by atoms with Gasteiger partial charge in [-0.25, -0.2) is 0 Å². The lowest BCUT2D eigenvalue weighted by Gasteiger charge is -2.26. The maximum atomic E-state index is 12.4. The molecule has 0 bridgehead atoms. The Hall–Kier alpha value is -2.66. The normalized spacial score (nSPS) is 26.0. The first-order valence-corrected chi connectivity index (χ1v) is 6.65. The van der Waals surface area contributed by atoms with E-state index in [1.165, 1.54) is 0 Å². The zero-order valence-electron chi connectivity index (χ0n) is 11.0. The fraction of sp³-hybridized carbons (Fsp3) is 0.125. The van der Waals surface area contributed by atoms with Crippen LogP contribution in [0, 0.1) is 0 Å². The molecule has 0 radical (unpaired) electrons. The van der Waals surface area contributed by atoms with Crippen molar-refractivity contribution < 1.29 is 14.7 Å². The van der Waals surface area contributed by atoms with E-state index >= 15 is 0 Å². The number of fused-ring (bicyclic) bond motifs is 2. The number of aliphatic hydroxyl groups is 1. The second-order valence-electron chi connectivity index (χ2n) is 5.28. The van der Waals surface area contributed by atoms with Crippen LogP contribution in [0.1, 0.15) is 17.0 Å². The Labute approximate surface area is 120 Å². The van der Waals surface area contributed by atoms with Crippen LogP contribution in [0.2, 0.25) is 0 Å². The van der Waals surface area contributed by atoms with Gasteiger partial charge in [-0.1, -0.05) is 36.4 Å². The van der Waals surface area contributed by atoms with Crippen LogP contribution in [0.4, 0.5) is 11.4 Å². The largest absolute Gasteiger partial charge is 0.374 e. The van der Waals surface area contributed by atoms with Gasteiger partial charge in [0, 0.05) is 16.9 Å². The first-order valence-electron chi connectivity index (χ1n) is 6.65. The van der Waals surface area contributed by atoms with E-state index in [2.05, 4.69) is 10.6 Å². The van der Waals surface area contributed by atoms with Crippen LogP contribution in [0.3, 0.4) is 0 Å². The Bertz CT molecular complexity index is 787. The highest BCUT2D eigenvalue weighted by Crippen LogP contribution is 2.49. The number of hydrogen-bond acceptors (Lipinski definition) is 3. The van der Waals surface area contributed by atoms with Crippen LogP contribution >= 0.6 is 0 Å². The number of benzene rings is 2. The van der Waals surface area contributed by atoms with Gasteiger partial charge in [-0.15, -0.1) is 0 Å². The smallest absolute Gasteiger partial charge is 0.262 e. The van der Waals surface area contributed by atoms with Gasteiger partial charge in [0.25, 0.3) is 5.91 Å². The van der Waals surface area contributed by atoms with Gasteiger partial charge in [0.05, 0.1) is 0 Å². The maximum absolute atomic E-state index is 12.4. The maximum Gasteiger partial charge on any atom is 0.262 e. The molecule has 2 aromatic rings. The summed E-state index contributed by atoms with van der Waals surface area (Å²) in [5.74, 6) is -1.89. The van der Waals surface area contributed by atoms with Crippen LogP contribution < -0.4 is 10.6 Å². The molecule has 104 valence electrons. The highest BCUT2D eigenvalue weighted by Gasteiger charge is 2.56. The lowest BCUT2D eigenvalue weighted by atomic mass is 9.78. The standard InChI is InChI=1S/C16H12N2O3/c19-14-13(9-5-1-3-7-11(9)17-14)16(21)10-6-2-4-8-12(10)18-15(16)20/h1-8,13,21H,(H,17,19)(H,18,20)/t13-,16+/m1/s1. The minimum Gasteiger partial charge on any atom is -0.374 e. The monoisotopic (exact) mass is 280 g/mol. The van der Waals surface area contributed by atoms with Crippen LogP contribution in [0.5, 0.6) is 0 Å². The molecule has 0 aliphatic carbocycles. The Morgan fingerprint density at radius 2 is 1.57 bits per heavy atom. The summed E-state index contributed by atoms with van der Waals surface area (Å²) in [6.45, 7) is 0. The van der Waals surface area contributed by atoms with Crippen molar-refractivity contribution in [3.63, 3.8) is 0 Å². The molecule has 2 aliphatic heterocycles. The van der Waals surface area contributed by atoms with E-state index in [4.69, 9.17) is 0 Å². The van der Waals surface area contributed by atoms with Crippen molar-refractivity contribution in [1.82, 2.24) is 0 Å². The van der Waals surface area contributed by atoms with E-state index in [1.54, 1.807) is 48.5 Å². The average molecular weight is 280 g/mol. The molecule has 0 spiro atoms. The van der Waals surface area contributed by atoms with Crippen molar-refractivity contribution in [3.8, 4) is 0 Å². The van der Waals surface area contributed by atoms with Crippen LogP contribution in [0.25, 0.3) is 0 Å². The minimum atomic E-state index is -1.88. The summed E-state index contributed by atoms with van der Waals surface area (Å²) in [6.07, 6.45) is 0. The molecular weight excluding hydrogens is 268 g/mol. The number of carbonyl (C=O) groups is 2. The molecule has 2 atom stereocenters. The number of anilines is 2. The molecule has 2 aliphatic rings. The Balaban J connectivity index is 1.94. The highest BCUT2D eigenvalue weighted by atomic mass is 16.3. The summed E-state index contributed by atoms with van der Waals surface area (Å²) in [5, 5.41) is 16.4. The van der Waals surface area contributed by atoms with Crippen LogP contribution in [-0.4, -0.2) is 16.9 Å².